The summed E-state index contributed by atoms with van der Waals surface area (Å²) >= 11 is 1.39. The fraction of sp³-hybridized carbons (Fsp3) is 0.533. The largest absolute Gasteiger partial charge is 0.384 e. The van der Waals surface area contributed by atoms with Gasteiger partial charge in [-0.25, -0.2) is 0 Å². The highest BCUT2D eigenvalue weighted by atomic mass is 32.1. The Hall–Kier alpha value is -1.31. The summed E-state index contributed by atoms with van der Waals surface area (Å²) in [6.07, 6.45) is 3.69. The lowest BCUT2D eigenvalue weighted by molar-refractivity contribution is 0.0951. The number of hydrogen-bond donors (Lipinski definition) is 2. The molecule has 2 N–H and O–H groups in total. The van der Waals surface area contributed by atoms with Gasteiger partial charge in [-0.2, -0.15) is 0 Å². The molecule has 0 bridgehead atoms. The van der Waals surface area contributed by atoms with E-state index < -0.39 is 0 Å². The molecule has 4 heteroatoms. The number of amides is 1. The van der Waals surface area contributed by atoms with Gasteiger partial charge in [-0.15, -0.1) is 11.3 Å². The predicted octanol–water partition coefficient (Wildman–Crippen LogP) is 2.26. The van der Waals surface area contributed by atoms with Gasteiger partial charge in [0.25, 0.3) is 5.91 Å². The molecule has 0 radical (unpaired) electrons. The first-order valence-corrected chi connectivity index (χ1v) is 7.54. The van der Waals surface area contributed by atoms with Gasteiger partial charge in [0, 0.05) is 12.1 Å². The van der Waals surface area contributed by atoms with E-state index in [0.29, 0.717) is 16.4 Å². The molecule has 1 aromatic heterocycles. The van der Waals surface area contributed by atoms with Crippen LogP contribution in [-0.4, -0.2) is 24.2 Å². The molecule has 0 aliphatic heterocycles. The zero-order chi connectivity index (χ0) is 13.7. The summed E-state index contributed by atoms with van der Waals surface area (Å²) in [5, 5.41) is 13.6. The number of aliphatic hydroxyl groups is 1. The van der Waals surface area contributed by atoms with Gasteiger partial charge >= 0.3 is 0 Å². The molecule has 3 nitrogen and oxygen atoms in total. The van der Waals surface area contributed by atoms with Crippen LogP contribution in [0.25, 0.3) is 0 Å². The van der Waals surface area contributed by atoms with E-state index in [-0.39, 0.29) is 12.5 Å². The molecule has 1 aliphatic carbocycles. The van der Waals surface area contributed by atoms with Gasteiger partial charge in [0.15, 0.2) is 0 Å². The van der Waals surface area contributed by atoms with E-state index in [4.69, 9.17) is 5.11 Å². The summed E-state index contributed by atoms with van der Waals surface area (Å²) in [4.78, 5) is 12.7. The molecule has 1 aromatic rings. The molecule has 2 unspecified atom stereocenters. The molecule has 2 atom stereocenters. The molecule has 1 amide bonds. The molecule has 1 saturated carbocycles. The second-order valence-electron chi connectivity index (χ2n) is 5.12. The highest BCUT2D eigenvalue weighted by Gasteiger charge is 2.22. The number of thiophene rings is 1. The van der Waals surface area contributed by atoms with Crippen molar-refractivity contribution in [2.45, 2.75) is 26.2 Å². The van der Waals surface area contributed by atoms with Crippen molar-refractivity contribution in [1.29, 1.82) is 0 Å². The average Bonchev–Trinajstić information content (AvgIpc) is 3.02. The number of carbonyl (C=O) groups excluding carboxylic acids is 1. The topological polar surface area (TPSA) is 49.3 Å². The number of hydrogen-bond acceptors (Lipinski definition) is 3. The van der Waals surface area contributed by atoms with E-state index in [1.54, 1.807) is 0 Å². The first kappa shape index (κ1) is 14.1. The van der Waals surface area contributed by atoms with Crippen molar-refractivity contribution in [3.63, 3.8) is 0 Å². The number of nitrogens with one attached hydrogen (secondary N) is 1. The van der Waals surface area contributed by atoms with Crippen LogP contribution in [0, 0.1) is 23.7 Å². The SMILES string of the molecule is CC1CCC(CNC(=O)c2sccc2C#CCO)C1. The van der Waals surface area contributed by atoms with Gasteiger partial charge in [-0.3, -0.25) is 4.79 Å². The Bertz CT molecular complexity index is 498. The van der Waals surface area contributed by atoms with E-state index in [1.807, 2.05) is 11.4 Å². The van der Waals surface area contributed by atoms with Crippen molar-refractivity contribution < 1.29 is 9.90 Å². The van der Waals surface area contributed by atoms with Crippen LogP contribution in [0.1, 0.15) is 41.4 Å². The third-order valence-corrected chi connectivity index (χ3v) is 4.44. The third-order valence-electron chi connectivity index (χ3n) is 3.53. The molecule has 0 spiro atoms. The van der Waals surface area contributed by atoms with Crippen molar-refractivity contribution in [2.24, 2.45) is 11.8 Å². The zero-order valence-electron chi connectivity index (χ0n) is 11.1. The molecule has 1 heterocycles. The van der Waals surface area contributed by atoms with Crippen LogP contribution < -0.4 is 5.32 Å². The Balaban J connectivity index is 1.91. The van der Waals surface area contributed by atoms with Crippen LogP contribution in [0.15, 0.2) is 11.4 Å². The van der Waals surface area contributed by atoms with Gasteiger partial charge in [-0.1, -0.05) is 25.2 Å². The molecule has 19 heavy (non-hydrogen) atoms. The lowest BCUT2D eigenvalue weighted by atomic mass is 10.1. The molecule has 2 rings (SSSR count). The fourth-order valence-corrected chi connectivity index (χ4v) is 3.31. The molecule has 1 fully saturated rings. The van der Waals surface area contributed by atoms with Crippen LogP contribution in [0.4, 0.5) is 0 Å². The first-order chi connectivity index (χ1) is 9.20. The maximum atomic E-state index is 12.1. The average molecular weight is 277 g/mol. The maximum Gasteiger partial charge on any atom is 0.262 e. The molecule has 102 valence electrons. The lowest BCUT2D eigenvalue weighted by Gasteiger charge is -2.10. The Morgan fingerprint density at radius 3 is 3.11 bits per heavy atom. The minimum Gasteiger partial charge on any atom is -0.384 e. The summed E-state index contributed by atoms with van der Waals surface area (Å²) in [5.74, 6) is 6.75. The Kier molecular flexibility index (Phi) is 5.00. The second-order valence-corrected chi connectivity index (χ2v) is 6.03. The summed E-state index contributed by atoms with van der Waals surface area (Å²) in [6.45, 7) is 2.84. The molecule has 0 aromatic carbocycles. The van der Waals surface area contributed by atoms with Gasteiger partial charge < -0.3 is 10.4 Å². The van der Waals surface area contributed by atoms with Crippen LogP contribution in [0.5, 0.6) is 0 Å². The highest BCUT2D eigenvalue weighted by Crippen LogP contribution is 2.29. The summed E-state index contributed by atoms with van der Waals surface area (Å²) in [7, 11) is 0. The van der Waals surface area contributed by atoms with Crippen molar-refractivity contribution in [2.75, 3.05) is 13.2 Å². The van der Waals surface area contributed by atoms with Crippen LogP contribution >= 0.6 is 11.3 Å². The van der Waals surface area contributed by atoms with Crippen LogP contribution in [0.3, 0.4) is 0 Å². The van der Waals surface area contributed by atoms with E-state index in [9.17, 15) is 4.79 Å². The van der Waals surface area contributed by atoms with Gasteiger partial charge in [-0.05, 0) is 36.1 Å². The summed E-state index contributed by atoms with van der Waals surface area (Å²) in [5.41, 5.74) is 0.705. The van der Waals surface area contributed by atoms with Gasteiger partial charge in [0.2, 0.25) is 0 Å². The monoisotopic (exact) mass is 277 g/mol. The third kappa shape index (κ3) is 3.82. The zero-order valence-corrected chi connectivity index (χ0v) is 11.9. The summed E-state index contributed by atoms with van der Waals surface area (Å²) < 4.78 is 0. The van der Waals surface area contributed by atoms with Crippen molar-refractivity contribution in [3.8, 4) is 11.8 Å². The standard InChI is InChI=1S/C15H19NO2S/c1-11-4-5-12(9-11)10-16-15(18)14-13(3-2-7-17)6-8-19-14/h6,8,11-12,17H,4-5,7,9-10H2,1H3,(H,16,18). The Labute approximate surface area is 118 Å². The predicted molar refractivity (Wildman–Crippen MR) is 77.1 cm³/mol. The lowest BCUT2D eigenvalue weighted by Crippen LogP contribution is -2.28. The van der Waals surface area contributed by atoms with E-state index >= 15 is 0 Å². The molecule has 0 saturated heterocycles. The quantitative estimate of drug-likeness (QED) is 0.833. The number of carbonyl (C=O) groups is 1. The minimum absolute atomic E-state index is 0.0446. The van der Waals surface area contributed by atoms with Crippen LogP contribution in [-0.2, 0) is 0 Å². The molecule has 1 aliphatic rings. The molecular formula is C15H19NO2S. The molecular weight excluding hydrogens is 258 g/mol. The maximum absolute atomic E-state index is 12.1. The van der Waals surface area contributed by atoms with Gasteiger partial charge in [0.05, 0.1) is 0 Å². The second kappa shape index (κ2) is 6.74. The van der Waals surface area contributed by atoms with E-state index in [2.05, 4.69) is 24.1 Å². The number of rotatable bonds is 3. The number of aliphatic hydroxyl groups excluding tert-OH is 1. The van der Waals surface area contributed by atoms with E-state index in [0.717, 1.165) is 12.5 Å². The van der Waals surface area contributed by atoms with E-state index in [1.165, 1.54) is 30.6 Å². The normalized spacial score (nSPS) is 21.8. The first-order valence-electron chi connectivity index (χ1n) is 6.66. The smallest absolute Gasteiger partial charge is 0.262 e. The van der Waals surface area contributed by atoms with Crippen LogP contribution in [0.2, 0.25) is 0 Å². The van der Waals surface area contributed by atoms with Crippen molar-refractivity contribution >= 4 is 17.2 Å². The minimum atomic E-state index is -0.184. The summed E-state index contributed by atoms with van der Waals surface area (Å²) in [6, 6.07) is 1.82. The van der Waals surface area contributed by atoms with Crippen molar-refractivity contribution in [3.05, 3.63) is 21.9 Å². The highest BCUT2D eigenvalue weighted by molar-refractivity contribution is 7.12. The van der Waals surface area contributed by atoms with Crippen molar-refractivity contribution in [1.82, 2.24) is 5.32 Å². The fourth-order valence-electron chi connectivity index (χ4n) is 2.55. The Morgan fingerprint density at radius 1 is 1.58 bits per heavy atom. The Morgan fingerprint density at radius 2 is 2.42 bits per heavy atom. The van der Waals surface area contributed by atoms with Gasteiger partial charge in [0.1, 0.15) is 11.5 Å².